The number of hydrogen-bond donors (Lipinski definition) is 0. The number of aryl methyl sites for hydroxylation is 3. The molecule has 1 aliphatic carbocycles. The van der Waals surface area contributed by atoms with Crippen LogP contribution in [0.4, 0.5) is 13.2 Å². The van der Waals surface area contributed by atoms with Crippen LogP contribution in [0.1, 0.15) is 80.1 Å². The van der Waals surface area contributed by atoms with Crippen molar-refractivity contribution >= 4 is 33.0 Å². The second-order valence-corrected chi connectivity index (χ2v) is 18.1. The monoisotopic (exact) mass is 1080 g/mol. The van der Waals surface area contributed by atoms with Crippen molar-refractivity contribution in [3.63, 3.8) is 0 Å². The number of aromatic nitrogens is 3. The molecule has 0 amide bonds. The van der Waals surface area contributed by atoms with Crippen LogP contribution in [0.25, 0.3) is 83.6 Å². The van der Waals surface area contributed by atoms with Gasteiger partial charge in [-0.15, -0.1) is 48.0 Å². The molecule has 11 rings (SSSR count). The van der Waals surface area contributed by atoms with Crippen molar-refractivity contribution in [1.82, 2.24) is 14.5 Å². The Bertz CT molecular complexity index is 3630. The van der Waals surface area contributed by atoms with Gasteiger partial charge in [0.05, 0.1) is 23.8 Å². The maximum Gasteiger partial charge on any atom is 0.381 e. The van der Waals surface area contributed by atoms with E-state index >= 15 is 0 Å². The third-order valence-corrected chi connectivity index (χ3v) is 13.0. The van der Waals surface area contributed by atoms with E-state index in [1.807, 2.05) is 115 Å². The first-order valence-corrected chi connectivity index (χ1v) is 22.5. The van der Waals surface area contributed by atoms with E-state index < -0.39 is 24.5 Å². The van der Waals surface area contributed by atoms with Crippen molar-refractivity contribution in [2.75, 3.05) is 0 Å². The predicted octanol–water partition coefficient (Wildman–Crippen LogP) is 16.9. The first kappa shape index (κ1) is 40.5. The molecule has 7 aromatic carbocycles. The summed E-state index contributed by atoms with van der Waals surface area (Å²) < 4.78 is 90.2. The van der Waals surface area contributed by atoms with E-state index in [-0.39, 0.29) is 37.1 Å². The fourth-order valence-electron chi connectivity index (χ4n) is 9.27. The SMILES string of the molecule is Cc1cccc(C)c1-n1c(-c2[c-]cc(C(F)(F)F)cc2)nc2ccccc21.[2H]c1cc(C2([2H])CCC(C)(C)CC2)ccc1-c1cc(-c2[c-]ccc3c2oc2c(-c4ccccc4)cccc23)ncc1C([2H])([2H])[2H].[Ir]. The Morgan fingerprint density at radius 3 is 2.22 bits per heavy atom. The standard InChI is InChI=1S/C38H34NO.C22H16F3N2.Ir/c1-25-24-39-35(23-34(25)29-17-15-26(16-18-29)27-19-21-38(2,3)22-20-27)33-14-8-13-32-31-12-7-11-30(36(31)40-37(32)33)28-9-5-4-6-10-28;1-14-6-5-7-15(2)20(14)27-19-9-4-3-8-18(19)26-21(27)16-10-12-17(13-11-16)22(23,24)25;/h4-13,15-18,23-24,27H,19-22H2,1-3H3;3-10,12-13H,1-2H3;/q2*-1;/i1D3,17D,27D;;. The summed E-state index contributed by atoms with van der Waals surface area (Å²) in [6.45, 7) is 6.08. The first-order valence-electron chi connectivity index (χ1n) is 25.0. The average Bonchev–Trinajstić information content (AvgIpc) is 3.94. The topological polar surface area (TPSA) is 43.9 Å². The third-order valence-electron chi connectivity index (χ3n) is 13.0. The molecule has 0 atom stereocenters. The molecular weight excluding hydrogens is 1030 g/mol. The molecule has 3 aromatic heterocycles. The number of hydrogen-bond acceptors (Lipinski definition) is 3. The number of nitrogens with zero attached hydrogens (tertiary/aromatic N) is 3. The Balaban J connectivity index is 0.000000200. The van der Waals surface area contributed by atoms with Crippen LogP contribution in [0.2, 0.25) is 0 Å². The summed E-state index contributed by atoms with van der Waals surface area (Å²) in [5, 5.41) is 1.89. The Labute approximate surface area is 416 Å². The summed E-state index contributed by atoms with van der Waals surface area (Å²) in [5.41, 5.74) is 11.2. The van der Waals surface area contributed by atoms with Crippen LogP contribution in [0.15, 0.2) is 162 Å². The molecule has 1 radical (unpaired) electrons. The molecule has 0 spiro atoms. The predicted molar refractivity (Wildman–Crippen MR) is 266 cm³/mol. The van der Waals surface area contributed by atoms with Gasteiger partial charge in [-0.3, -0.25) is 4.98 Å². The van der Waals surface area contributed by atoms with E-state index in [9.17, 15) is 14.5 Å². The summed E-state index contributed by atoms with van der Waals surface area (Å²) in [6.07, 6.45) is 0.398. The second kappa shape index (κ2) is 18.8. The Morgan fingerprint density at radius 1 is 0.765 bits per heavy atom. The van der Waals surface area contributed by atoms with Gasteiger partial charge < -0.3 is 14.0 Å². The van der Waals surface area contributed by atoms with Crippen LogP contribution in [0.3, 0.4) is 0 Å². The summed E-state index contributed by atoms with van der Waals surface area (Å²) in [7, 11) is 0. The van der Waals surface area contributed by atoms with E-state index in [1.165, 1.54) is 12.3 Å². The van der Waals surface area contributed by atoms with Gasteiger partial charge in [-0.1, -0.05) is 134 Å². The van der Waals surface area contributed by atoms with Crippen molar-refractivity contribution in [2.45, 2.75) is 72.3 Å². The van der Waals surface area contributed by atoms with Gasteiger partial charge in [0.1, 0.15) is 5.58 Å². The van der Waals surface area contributed by atoms with Crippen molar-refractivity contribution in [2.24, 2.45) is 5.41 Å². The van der Waals surface area contributed by atoms with Crippen molar-refractivity contribution in [3.8, 4) is 50.6 Å². The minimum atomic E-state index is -4.39. The fourth-order valence-corrected chi connectivity index (χ4v) is 9.27. The summed E-state index contributed by atoms with van der Waals surface area (Å²) in [5.74, 6) is -0.174. The number of halogens is 3. The molecule has 4 nitrogen and oxygen atoms in total. The number of para-hydroxylation sites is 4. The van der Waals surface area contributed by atoms with Crippen LogP contribution in [-0.2, 0) is 26.3 Å². The molecule has 3 heterocycles. The van der Waals surface area contributed by atoms with E-state index in [0.717, 1.165) is 98.7 Å². The Hall–Kier alpha value is -6.60. The summed E-state index contributed by atoms with van der Waals surface area (Å²) >= 11 is 0. The maximum absolute atomic E-state index is 12.9. The number of pyridine rings is 1. The van der Waals surface area contributed by atoms with Crippen LogP contribution in [0.5, 0.6) is 0 Å². The van der Waals surface area contributed by atoms with Gasteiger partial charge in [-0.05, 0) is 120 Å². The van der Waals surface area contributed by atoms with Gasteiger partial charge in [-0.25, -0.2) is 0 Å². The zero-order chi connectivity index (χ0) is 50.7. The normalized spacial score (nSPS) is 15.6. The number of furan rings is 1. The van der Waals surface area contributed by atoms with Crippen LogP contribution >= 0.6 is 0 Å². The van der Waals surface area contributed by atoms with Crippen LogP contribution < -0.4 is 0 Å². The van der Waals surface area contributed by atoms with E-state index in [1.54, 1.807) is 18.2 Å². The van der Waals surface area contributed by atoms with Crippen molar-refractivity contribution in [3.05, 3.63) is 198 Å². The molecule has 1 fully saturated rings. The van der Waals surface area contributed by atoms with Gasteiger partial charge in [0, 0.05) is 48.4 Å². The van der Waals surface area contributed by atoms with Crippen molar-refractivity contribution in [1.29, 1.82) is 0 Å². The zero-order valence-corrected chi connectivity index (χ0v) is 40.4. The molecule has 0 aliphatic heterocycles. The molecule has 10 aromatic rings. The number of benzene rings is 7. The quantitative estimate of drug-likeness (QED) is 0.156. The van der Waals surface area contributed by atoms with Gasteiger partial charge in [0.15, 0.2) is 0 Å². The van der Waals surface area contributed by atoms with E-state index in [0.29, 0.717) is 39.4 Å². The largest absolute Gasteiger partial charge is 0.500 e. The molecule has 1 saturated carbocycles. The minimum absolute atomic E-state index is 0. The van der Waals surface area contributed by atoms with E-state index in [4.69, 9.17) is 9.90 Å². The van der Waals surface area contributed by atoms with Gasteiger partial charge in [0.2, 0.25) is 0 Å². The molecule has 0 bridgehead atoms. The molecule has 68 heavy (non-hydrogen) atoms. The molecule has 8 heteroatoms. The van der Waals surface area contributed by atoms with Gasteiger partial charge in [0.25, 0.3) is 0 Å². The average molecular weight is 1080 g/mol. The third kappa shape index (κ3) is 9.08. The minimum Gasteiger partial charge on any atom is -0.500 e. The number of imidazole rings is 1. The molecule has 1 aliphatic rings. The number of fused-ring (bicyclic) bond motifs is 4. The Kier molecular flexibility index (Phi) is 11.2. The molecule has 343 valence electrons. The molecule has 0 N–H and O–H groups in total. The summed E-state index contributed by atoms with van der Waals surface area (Å²) in [6, 6.07) is 50.6. The second-order valence-electron chi connectivity index (χ2n) is 18.1. The van der Waals surface area contributed by atoms with E-state index in [2.05, 4.69) is 48.1 Å². The number of rotatable bonds is 6. The number of alkyl halides is 3. The van der Waals surface area contributed by atoms with Crippen LogP contribution in [-0.4, -0.2) is 14.5 Å². The fraction of sp³-hybridized carbons (Fsp3) is 0.200. The smallest absolute Gasteiger partial charge is 0.381 e. The first-order chi connectivity index (χ1) is 34.3. The van der Waals surface area contributed by atoms with Crippen molar-refractivity contribution < 1.29 is 44.5 Å². The molecule has 0 saturated heterocycles. The molecule has 0 unspecified atom stereocenters. The summed E-state index contributed by atoms with van der Waals surface area (Å²) in [4.78, 5) is 9.29. The van der Waals surface area contributed by atoms with Crippen LogP contribution in [0, 0.1) is 38.2 Å². The zero-order valence-electron chi connectivity index (χ0n) is 43.0. The maximum atomic E-state index is 12.9. The van der Waals surface area contributed by atoms with Gasteiger partial charge in [-0.2, -0.15) is 13.2 Å². The Morgan fingerprint density at radius 2 is 1.50 bits per heavy atom. The molecular formula is C60H50F3IrN3O-2. The van der Waals surface area contributed by atoms with Gasteiger partial charge >= 0.3 is 6.18 Å².